The molecule has 0 atom stereocenters. The maximum absolute atomic E-state index is 6.43. The van der Waals surface area contributed by atoms with Crippen LogP contribution in [0.3, 0.4) is 0 Å². The number of furan rings is 1. The standard InChI is InChI=1S/C78H55N3O/c1-77(2)67-42-49(48-30-39-73-65(41-48)62-22-12-15-25-72(62)80(73)52-17-7-5-8-18-52)27-34-57(67)59-37-31-55(46-69(59)77)79(54-33-40-76-66(45-54)64-23-13-16-26-75(64)82-76)56-32-38-60-58-35-28-50(43-68(58)78(3,4)70(60)47-56)51-29-36-63-61-21-11-14-24-71(61)81(74(63)44-51)53-19-9-6-10-20-53/h5-47H,1-4H3. The van der Waals surface area contributed by atoms with E-state index >= 15 is 0 Å². The predicted octanol–water partition coefficient (Wildman–Crippen LogP) is 21.2. The summed E-state index contributed by atoms with van der Waals surface area (Å²) >= 11 is 0. The molecule has 4 heteroatoms. The third kappa shape index (κ3) is 6.73. The van der Waals surface area contributed by atoms with Crippen LogP contribution in [-0.2, 0) is 10.8 Å². The van der Waals surface area contributed by atoms with Crippen molar-refractivity contribution >= 4 is 82.6 Å². The van der Waals surface area contributed by atoms with Crippen LogP contribution in [0, 0.1) is 0 Å². The summed E-state index contributed by atoms with van der Waals surface area (Å²) in [7, 11) is 0. The van der Waals surface area contributed by atoms with Gasteiger partial charge in [-0.05, 0) is 182 Å². The number of aromatic nitrogens is 2. The van der Waals surface area contributed by atoms with E-state index in [1.165, 1.54) is 116 Å². The lowest BCUT2D eigenvalue weighted by Crippen LogP contribution is -2.18. The van der Waals surface area contributed by atoms with Gasteiger partial charge in [-0.15, -0.1) is 0 Å². The van der Waals surface area contributed by atoms with Gasteiger partial charge in [0.05, 0.1) is 22.1 Å². The van der Waals surface area contributed by atoms with Crippen molar-refractivity contribution in [2.24, 2.45) is 0 Å². The zero-order valence-electron chi connectivity index (χ0n) is 46.1. The van der Waals surface area contributed by atoms with Crippen LogP contribution in [0.25, 0.3) is 121 Å². The molecule has 82 heavy (non-hydrogen) atoms. The zero-order chi connectivity index (χ0) is 54.6. The number of rotatable bonds is 7. The number of para-hydroxylation sites is 5. The van der Waals surface area contributed by atoms with E-state index < -0.39 is 0 Å². The summed E-state index contributed by atoms with van der Waals surface area (Å²) in [5, 5.41) is 7.25. The third-order valence-corrected chi connectivity index (χ3v) is 18.5. The molecule has 388 valence electrons. The second-order valence-electron chi connectivity index (χ2n) is 23.7. The summed E-state index contributed by atoms with van der Waals surface area (Å²) in [5.41, 5.74) is 27.1. The first kappa shape index (κ1) is 46.7. The van der Waals surface area contributed by atoms with E-state index in [2.05, 4.69) is 297 Å². The Morgan fingerprint density at radius 3 is 1.29 bits per heavy atom. The minimum absolute atomic E-state index is 0.275. The lowest BCUT2D eigenvalue weighted by atomic mass is 9.81. The largest absolute Gasteiger partial charge is 0.456 e. The average molecular weight is 1050 g/mol. The van der Waals surface area contributed by atoms with Gasteiger partial charge < -0.3 is 18.5 Å². The molecule has 0 N–H and O–H groups in total. The summed E-state index contributed by atoms with van der Waals surface area (Å²) in [6.45, 7) is 9.61. The van der Waals surface area contributed by atoms with Gasteiger partial charge in [-0.2, -0.15) is 0 Å². The van der Waals surface area contributed by atoms with Crippen molar-refractivity contribution in [1.29, 1.82) is 0 Å². The quantitative estimate of drug-likeness (QED) is 0.159. The molecule has 12 aromatic carbocycles. The van der Waals surface area contributed by atoms with E-state index in [9.17, 15) is 0 Å². The van der Waals surface area contributed by atoms with E-state index in [4.69, 9.17) is 4.42 Å². The number of hydrogen-bond donors (Lipinski definition) is 0. The van der Waals surface area contributed by atoms with E-state index in [0.29, 0.717) is 0 Å². The molecule has 4 nitrogen and oxygen atoms in total. The molecule has 3 heterocycles. The Hall–Kier alpha value is -10.2. The number of fused-ring (bicyclic) bond motifs is 15. The molecule has 2 aliphatic carbocycles. The van der Waals surface area contributed by atoms with Crippen molar-refractivity contribution in [3.63, 3.8) is 0 Å². The minimum atomic E-state index is -0.279. The molecule has 0 spiro atoms. The summed E-state index contributed by atoms with van der Waals surface area (Å²) in [6, 6.07) is 96.7. The number of anilines is 3. The molecule has 0 aliphatic heterocycles. The van der Waals surface area contributed by atoms with Crippen LogP contribution >= 0.6 is 0 Å². The Labute approximate surface area is 476 Å². The second kappa shape index (κ2) is 17.2. The highest BCUT2D eigenvalue weighted by molar-refractivity contribution is 6.12. The van der Waals surface area contributed by atoms with Crippen LogP contribution < -0.4 is 4.90 Å². The highest BCUT2D eigenvalue weighted by atomic mass is 16.3. The summed E-state index contributed by atoms with van der Waals surface area (Å²) in [4.78, 5) is 2.47. The van der Waals surface area contributed by atoms with Crippen LogP contribution in [0.15, 0.2) is 265 Å². The fourth-order valence-corrected chi connectivity index (χ4v) is 14.4. The average Bonchev–Trinajstić information content (AvgIpc) is 3.88. The molecule has 15 aromatic rings. The monoisotopic (exact) mass is 1050 g/mol. The Morgan fingerprint density at radius 2 is 0.683 bits per heavy atom. The summed E-state index contributed by atoms with van der Waals surface area (Å²) in [5.74, 6) is 0. The van der Waals surface area contributed by atoms with Gasteiger partial charge in [0.2, 0.25) is 0 Å². The number of hydrogen-bond acceptors (Lipinski definition) is 2. The highest BCUT2D eigenvalue weighted by Crippen LogP contribution is 2.55. The van der Waals surface area contributed by atoms with Gasteiger partial charge in [-0.25, -0.2) is 0 Å². The summed E-state index contributed by atoms with van der Waals surface area (Å²) in [6.07, 6.45) is 0. The van der Waals surface area contributed by atoms with Gasteiger partial charge in [0.15, 0.2) is 0 Å². The van der Waals surface area contributed by atoms with Gasteiger partial charge in [-0.1, -0.05) is 173 Å². The van der Waals surface area contributed by atoms with Crippen LogP contribution in [0.4, 0.5) is 17.1 Å². The van der Waals surface area contributed by atoms with Gasteiger partial charge in [0.1, 0.15) is 11.2 Å². The molecule has 0 saturated heterocycles. The first-order valence-electron chi connectivity index (χ1n) is 28.6. The molecule has 0 saturated carbocycles. The number of benzene rings is 12. The van der Waals surface area contributed by atoms with Crippen LogP contribution in [-0.4, -0.2) is 9.13 Å². The Bertz CT molecular complexity index is 5170. The molecule has 0 radical (unpaired) electrons. The maximum atomic E-state index is 6.43. The smallest absolute Gasteiger partial charge is 0.135 e. The van der Waals surface area contributed by atoms with Gasteiger partial charge in [0.25, 0.3) is 0 Å². The highest BCUT2D eigenvalue weighted by Gasteiger charge is 2.39. The Morgan fingerprint density at radius 1 is 0.280 bits per heavy atom. The molecular weight excluding hydrogens is 995 g/mol. The Kier molecular flexibility index (Phi) is 9.79. The van der Waals surface area contributed by atoms with Gasteiger partial charge in [-0.3, -0.25) is 0 Å². The molecule has 0 amide bonds. The predicted molar refractivity (Wildman–Crippen MR) is 343 cm³/mol. The third-order valence-electron chi connectivity index (χ3n) is 18.5. The van der Waals surface area contributed by atoms with E-state index in [0.717, 1.165) is 44.7 Å². The van der Waals surface area contributed by atoms with Gasteiger partial charge in [0, 0.05) is 71.6 Å². The molecule has 2 aliphatic rings. The van der Waals surface area contributed by atoms with Crippen molar-refractivity contribution in [1.82, 2.24) is 9.13 Å². The van der Waals surface area contributed by atoms with Crippen molar-refractivity contribution in [3.05, 3.63) is 283 Å². The molecule has 3 aromatic heterocycles. The fourth-order valence-electron chi connectivity index (χ4n) is 14.4. The second-order valence-corrected chi connectivity index (χ2v) is 23.7. The topological polar surface area (TPSA) is 26.2 Å². The zero-order valence-corrected chi connectivity index (χ0v) is 46.1. The fraction of sp³-hybridized carbons (Fsp3) is 0.0769. The summed E-state index contributed by atoms with van der Waals surface area (Å²) < 4.78 is 11.2. The molecule has 17 rings (SSSR count). The van der Waals surface area contributed by atoms with E-state index in [1.54, 1.807) is 0 Å². The maximum Gasteiger partial charge on any atom is 0.135 e. The van der Waals surface area contributed by atoms with Crippen molar-refractivity contribution in [2.75, 3.05) is 4.90 Å². The van der Waals surface area contributed by atoms with Crippen molar-refractivity contribution in [2.45, 2.75) is 38.5 Å². The lowest BCUT2D eigenvalue weighted by Gasteiger charge is -2.30. The van der Waals surface area contributed by atoms with E-state index in [-0.39, 0.29) is 10.8 Å². The van der Waals surface area contributed by atoms with Crippen LogP contribution in [0.1, 0.15) is 49.9 Å². The normalized spacial score (nSPS) is 13.8. The molecule has 0 unspecified atom stereocenters. The first-order chi connectivity index (χ1) is 40.2. The van der Waals surface area contributed by atoms with Crippen LogP contribution in [0.2, 0.25) is 0 Å². The van der Waals surface area contributed by atoms with Crippen molar-refractivity contribution in [3.8, 4) is 55.9 Å². The molecule has 0 bridgehead atoms. The first-order valence-corrected chi connectivity index (χ1v) is 28.6. The number of nitrogens with zero attached hydrogens (tertiary/aromatic N) is 3. The SMILES string of the molecule is CC1(C)c2cc(-c3ccc4c(c3)c3ccccc3n4-c3ccccc3)ccc2-c2ccc(N(c3ccc4c(c3)C(C)(C)c3cc(-c5ccc6c7ccccc7n(-c7ccccc7)c6c5)ccc3-4)c3ccc4oc5ccccc5c4c3)cc21. The van der Waals surface area contributed by atoms with E-state index in [1.807, 2.05) is 6.07 Å². The van der Waals surface area contributed by atoms with Crippen molar-refractivity contribution < 1.29 is 4.42 Å². The Balaban J connectivity index is 0.763. The molecular formula is C78H55N3O. The van der Waals surface area contributed by atoms with Crippen LogP contribution in [0.5, 0.6) is 0 Å². The molecule has 0 fully saturated rings. The minimum Gasteiger partial charge on any atom is -0.456 e. The lowest BCUT2D eigenvalue weighted by molar-refractivity contribution is 0.660. The van der Waals surface area contributed by atoms with Gasteiger partial charge >= 0.3 is 0 Å².